The molecule has 1 saturated heterocycles. The predicted molar refractivity (Wildman–Crippen MR) is 106 cm³/mol. The maximum Gasteiger partial charge on any atom is 0.257 e. The van der Waals surface area contributed by atoms with Crippen LogP contribution in [-0.2, 0) is 0 Å². The molecular weight excluding hydrogens is 392 g/mol. The number of methoxy groups -OCH3 is 1. The van der Waals surface area contributed by atoms with Gasteiger partial charge >= 0.3 is 0 Å². The molecule has 0 unspecified atom stereocenters. The topological polar surface area (TPSA) is 71.5 Å². The van der Waals surface area contributed by atoms with E-state index in [0.29, 0.717) is 37.5 Å². The van der Waals surface area contributed by atoms with Crippen molar-refractivity contribution in [3.63, 3.8) is 0 Å². The van der Waals surface area contributed by atoms with Crippen molar-refractivity contribution in [1.82, 2.24) is 19.9 Å². The second kappa shape index (κ2) is 8.40. The van der Waals surface area contributed by atoms with Gasteiger partial charge in [-0.2, -0.15) is 0 Å². The normalized spacial score (nSPS) is 14.0. The molecule has 3 aromatic rings. The largest absolute Gasteiger partial charge is 0.497 e. The van der Waals surface area contributed by atoms with E-state index in [2.05, 4.69) is 15.0 Å². The Balaban J connectivity index is 1.50. The van der Waals surface area contributed by atoms with Crippen molar-refractivity contribution in [3.8, 4) is 17.0 Å². The number of rotatable bonds is 4. The first-order valence-electron chi connectivity index (χ1n) is 9.37. The monoisotopic (exact) mass is 411 g/mol. The number of nitrogens with zero attached hydrogens (tertiary/aromatic N) is 5. The fourth-order valence-corrected chi connectivity index (χ4v) is 3.37. The molecule has 9 heteroatoms. The molecule has 0 N–H and O–H groups in total. The number of benzene rings is 1. The number of ether oxygens (including phenoxy) is 1. The Kier molecular flexibility index (Phi) is 5.51. The van der Waals surface area contributed by atoms with Crippen molar-refractivity contribution < 1.29 is 18.3 Å². The zero-order valence-electron chi connectivity index (χ0n) is 16.3. The third-order valence-electron chi connectivity index (χ3n) is 5.00. The maximum atomic E-state index is 15.2. The molecule has 0 saturated carbocycles. The van der Waals surface area contributed by atoms with Crippen LogP contribution < -0.4 is 9.64 Å². The van der Waals surface area contributed by atoms with Crippen molar-refractivity contribution in [1.29, 1.82) is 0 Å². The van der Waals surface area contributed by atoms with Crippen LogP contribution in [0.2, 0.25) is 0 Å². The zero-order chi connectivity index (χ0) is 21.1. The van der Waals surface area contributed by atoms with Gasteiger partial charge in [-0.3, -0.25) is 9.78 Å². The van der Waals surface area contributed by atoms with Gasteiger partial charge in [-0.25, -0.2) is 18.7 Å². The number of pyridine rings is 1. The van der Waals surface area contributed by atoms with E-state index in [0.717, 1.165) is 6.20 Å². The Labute approximate surface area is 172 Å². The van der Waals surface area contributed by atoms with Crippen LogP contribution in [0.25, 0.3) is 11.3 Å². The average Bonchev–Trinajstić information content (AvgIpc) is 2.79. The minimum Gasteiger partial charge on any atom is -0.497 e. The van der Waals surface area contributed by atoms with E-state index in [1.807, 2.05) is 0 Å². The van der Waals surface area contributed by atoms with Gasteiger partial charge in [-0.15, -0.1) is 0 Å². The van der Waals surface area contributed by atoms with Gasteiger partial charge in [0.1, 0.15) is 17.8 Å². The molecule has 1 aromatic carbocycles. The molecule has 154 valence electrons. The number of carbonyl (C=O) groups is 1. The molecule has 0 atom stereocenters. The first-order valence-corrected chi connectivity index (χ1v) is 9.37. The van der Waals surface area contributed by atoms with E-state index in [4.69, 9.17) is 4.74 Å². The number of aromatic nitrogens is 3. The van der Waals surface area contributed by atoms with Gasteiger partial charge in [0.2, 0.25) is 0 Å². The first kappa shape index (κ1) is 19.7. The van der Waals surface area contributed by atoms with Gasteiger partial charge in [0.15, 0.2) is 17.5 Å². The summed E-state index contributed by atoms with van der Waals surface area (Å²) in [6, 6.07) is 8.29. The Morgan fingerprint density at radius 3 is 2.43 bits per heavy atom. The molecule has 0 bridgehead atoms. The highest BCUT2D eigenvalue weighted by molar-refractivity contribution is 5.94. The average molecular weight is 411 g/mol. The van der Waals surface area contributed by atoms with Crippen molar-refractivity contribution in [3.05, 3.63) is 66.3 Å². The number of anilines is 1. The van der Waals surface area contributed by atoms with Crippen LogP contribution in [0.15, 0.2) is 49.1 Å². The molecule has 0 radical (unpaired) electrons. The molecule has 4 rings (SSSR count). The van der Waals surface area contributed by atoms with Crippen molar-refractivity contribution in [2.24, 2.45) is 0 Å². The van der Waals surface area contributed by atoms with Gasteiger partial charge in [0, 0.05) is 37.9 Å². The molecule has 7 nitrogen and oxygen atoms in total. The van der Waals surface area contributed by atoms with Crippen LogP contribution in [0.4, 0.5) is 14.6 Å². The van der Waals surface area contributed by atoms with Crippen molar-refractivity contribution >= 4 is 11.7 Å². The van der Waals surface area contributed by atoms with E-state index in [1.54, 1.807) is 41.2 Å². The number of amides is 1. The fourth-order valence-electron chi connectivity index (χ4n) is 3.37. The van der Waals surface area contributed by atoms with Gasteiger partial charge in [0.05, 0.1) is 18.9 Å². The lowest BCUT2D eigenvalue weighted by Gasteiger charge is -2.35. The predicted octanol–water partition coefficient (Wildman–Crippen LogP) is 2.79. The first-order chi connectivity index (χ1) is 14.6. The number of halogens is 2. The van der Waals surface area contributed by atoms with Crippen LogP contribution in [0.3, 0.4) is 0 Å². The van der Waals surface area contributed by atoms with Crippen LogP contribution in [0, 0.1) is 11.6 Å². The van der Waals surface area contributed by atoms with Crippen LogP contribution in [-0.4, -0.2) is 59.0 Å². The summed E-state index contributed by atoms with van der Waals surface area (Å²) in [5, 5.41) is 0. The third-order valence-corrected chi connectivity index (χ3v) is 5.00. The van der Waals surface area contributed by atoms with E-state index in [9.17, 15) is 9.18 Å². The molecule has 0 spiro atoms. The zero-order valence-corrected chi connectivity index (χ0v) is 16.3. The van der Waals surface area contributed by atoms with Crippen LogP contribution in [0.5, 0.6) is 5.75 Å². The van der Waals surface area contributed by atoms with Crippen molar-refractivity contribution in [2.75, 3.05) is 38.2 Å². The Hall–Kier alpha value is -3.62. The van der Waals surface area contributed by atoms with Gasteiger partial charge < -0.3 is 14.5 Å². The molecule has 1 amide bonds. The molecule has 1 aliphatic rings. The summed E-state index contributed by atoms with van der Waals surface area (Å²) in [4.78, 5) is 27.7. The summed E-state index contributed by atoms with van der Waals surface area (Å²) in [5.41, 5.74) is 0.785. The van der Waals surface area contributed by atoms with E-state index in [1.165, 1.54) is 18.6 Å². The lowest BCUT2D eigenvalue weighted by Crippen LogP contribution is -2.49. The lowest BCUT2D eigenvalue weighted by atomic mass is 10.1. The minimum absolute atomic E-state index is 0.0199. The SMILES string of the molecule is COc1ccc(-c2ncnc(N3CCN(C(=O)c4ccncc4F)CC3)c2F)cc1. The highest BCUT2D eigenvalue weighted by atomic mass is 19.1. The lowest BCUT2D eigenvalue weighted by molar-refractivity contribution is 0.0741. The summed E-state index contributed by atoms with van der Waals surface area (Å²) >= 11 is 0. The third kappa shape index (κ3) is 3.78. The van der Waals surface area contributed by atoms with Gasteiger partial charge in [-0.05, 0) is 30.3 Å². The highest BCUT2D eigenvalue weighted by Gasteiger charge is 2.27. The number of piperazine rings is 1. The minimum atomic E-state index is -0.657. The summed E-state index contributed by atoms with van der Waals surface area (Å²) in [6.45, 7) is 1.38. The van der Waals surface area contributed by atoms with Gasteiger partial charge in [-0.1, -0.05) is 0 Å². The van der Waals surface area contributed by atoms with Crippen LogP contribution >= 0.6 is 0 Å². The number of hydrogen-bond acceptors (Lipinski definition) is 6. The van der Waals surface area contributed by atoms with E-state index >= 15 is 4.39 Å². The fraction of sp³-hybridized carbons (Fsp3) is 0.238. The smallest absolute Gasteiger partial charge is 0.257 e. The standard InChI is InChI=1S/C21H19F2N5O2/c1-30-15-4-2-14(3-5-15)19-18(23)20(26-13-25-19)27-8-10-28(11-9-27)21(29)16-6-7-24-12-17(16)22/h2-7,12-13H,8-11H2,1H3. The summed E-state index contributed by atoms with van der Waals surface area (Å²) < 4.78 is 34.1. The molecule has 3 heterocycles. The molecule has 1 fully saturated rings. The second-order valence-electron chi connectivity index (χ2n) is 6.72. The Bertz CT molecular complexity index is 1050. The van der Waals surface area contributed by atoms with E-state index in [-0.39, 0.29) is 17.1 Å². The number of carbonyl (C=O) groups excluding carboxylic acids is 1. The summed E-state index contributed by atoms with van der Waals surface area (Å²) in [6.07, 6.45) is 3.71. The van der Waals surface area contributed by atoms with E-state index < -0.39 is 17.5 Å². The molecule has 0 aliphatic carbocycles. The molecular formula is C21H19F2N5O2. The quantitative estimate of drug-likeness (QED) is 0.658. The summed E-state index contributed by atoms with van der Waals surface area (Å²) in [5.74, 6) is -0.743. The second-order valence-corrected chi connectivity index (χ2v) is 6.72. The van der Waals surface area contributed by atoms with Crippen molar-refractivity contribution in [2.45, 2.75) is 0 Å². The molecule has 1 aliphatic heterocycles. The molecule has 2 aromatic heterocycles. The maximum absolute atomic E-state index is 15.2. The van der Waals surface area contributed by atoms with Crippen LogP contribution in [0.1, 0.15) is 10.4 Å². The Morgan fingerprint density at radius 2 is 1.77 bits per heavy atom. The molecule has 30 heavy (non-hydrogen) atoms. The van der Waals surface area contributed by atoms with Gasteiger partial charge in [0.25, 0.3) is 5.91 Å². The highest BCUT2D eigenvalue weighted by Crippen LogP contribution is 2.28. The number of hydrogen-bond donors (Lipinski definition) is 0. The summed E-state index contributed by atoms with van der Waals surface area (Å²) in [7, 11) is 1.56. The Morgan fingerprint density at radius 1 is 1.03 bits per heavy atom.